The zero-order chi connectivity index (χ0) is 21.4. The Morgan fingerprint density at radius 1 is 1.13 bits per heavy atom. The fraction of sp³-hybridized carbons (Fsp3) is 0.429. The van der Waals surface area contributed by atoms with Gasteiger partial charge in [0.05, 0.1) is 16.4 Å². The van der Waals surface area contributed by atoms with E-state index in [4.69, 9.17) is 4.42 Å². The molecule has 3 aromatic heterocycles. The molecule has 5 rings (SSSR count). The fourth-order valence-corrected chi connectivity index (χ4v) is 5.45. The molecule has 1 saturated heterocycles. The fourth-order valence-electron chi connectivity index (χ4n) is 3.74. The van der Waals surface area contributed by atoms with Crippen molar-refractivity contribution in [3.8, 4) is 10.7 Å². The van der Waals surface area contributed by atoms with Crippen LogP contribution in [0.5, 0.6) is 0 Å². The summed E-state index contributed by atoms with van der Waals surface area (Å²) in [5, 5.41) is 11.4. The first-order valence-corrected chi connectivity index (χ1v) is 12.1. The summed E-state index contributed by atoms with van der Waals surface area (Å²) in [6, 6.07) is 7.87. The van der Waals surface area contributed by atoms with Crippen LogP contribution in [-0.2, 0) is 4.79 Å². The van der Waals surface area contributed by atoms with Gasteiger partial charge in [-0.3, -0.25) is 14.2 Å². The molecular formula is C21H23N5O3S2. The standard InChI is InChI=1S/C21H23N5O3S2/c1-14(19(27)24-8-10-25(11-9-24)20(28)16-4-2-12-29-16)31-21-23-22-18(17-5-3-13-30-17)26(21)15-6-7-15/h2-5,12-15H,6-11H2,1H3. The molecule has 1 saturated carbocycles. The molecular weight excluding hydrogens is 434 g/mol. The molecule has 1 aliphatic carbocycles. The summed E-state index contributed by atoms with van der Waals surface area (Å²) >= 11 is 3.12. The van der Waals surface area contributed by atoms with E-state index in [1.807, 2.05) is 23.3 Å². The van der Waals surface area contributed by atoms with Gasteiger partial charge in [-0.2, -0.15) is 0 Å². The minimum Gasteiger partial charge on any atom is -0.459 e. The van der Waals surface area contributed by atoms with E-state index in [1.165, 1.54) is 18.0 Å². The summed E-state index contributed by atoms with van der Waals surface area (Å²) in [5.41, 5.74) is 0. The molecule has 4 heterocycles. The van der Waals surface area contributed by atoms with Crippen molar-refractivity contribution < 1.29 is 14.0 Å². The Kier molecular flexibility index (Phi) is 5.58. The molecule has 0 bridgehead atoms. The van der Waals surface area contributed by atoms with Gasteiger partial charge in [0.15, 0.2) is 16.7 Å². The van der Waals surface area contributed by atoms with Gasteiger partial charge in [0.2, 0.25) is 5.91 Å². The van der Waals surface area contributed by atoms with Gasteiger partial charge in [-0.1, -0.05) is 17.8 Å². The average Bonchev–Trinajstić information content (AvgIpc) is 3.22. The van der Waals surface area contributed by atoms with Gasteiger partial charge in [-0.15, -0.1) is 21.5 Å². The summed E-state index contributed by atoms with van der Waals surface area (Å²) < 4.78 is 7.40. The van der Waals surface area contributed by atoms with Crippen LogP contribution in [0.3, 0.4) is 0 Å². The van der Waals surface area contributed by atoms with Crippen molar-refractivity contribution in [2.24, 2.45) is 0 Å². The number of nitrogens with zero attached hydrogens (tertiary/aromatic N) is 5. The van der Waals surface area contributed by atoms with E-state index in [-0.39, 0.29) is 17.1 Å². The predicted molar refractivity (Wildman–Crippen MR) is 118 cm³/mol. The van der Waals surface area contributed by atoms with Gasteiger partial charge >= 0.3 is 0 Å². The normalized spacial score (nSPS) is 17.7. The first kappa shape index (κ1) is 20.3. The first-order chi connectivity index (χ1) is 15.1. The lowest BCUT2D eigenvalue weighted by atomic mass is 10.2. The maximum Gasteiger partial charge on any atom is 0.289 e. The first-order valence-electron chi connectivity index (χ1n) is 10.4. The summed E-state index contributed by atoms with van der Waals surface area (Å²) in [6.45, 7) is 3.97. The SMILES string of the molecule is CC(Sc1nnc(-c2cccs2)n1C1CC1)C(=O)N1CCN(C(=O)c2ccco2)CC1. The molecule has 2 aliphatic rings. The molecule has 0 N–H and O–H groups in total. The third kappa shape index (κ3) is 4.14. The second-order valence-electron chi connectivity index (χ2n) is 7.74. The molecule has 1 aliphatic heterocycles. The number of rotatable bonds is 6. The van der Waals surface area contributed by atoms with Crippen molar-refractivity contribution in [3.05, 3.63) is 41.7 Å². The summed E-state index contributed by atoms with van der Waals surface area (Å²) in [7, 11) is 0. The molecule has 3 aromatic rings. The molecule has 2 amide bonds. The van der Waals surface area contributed by atoms with Crippen molar-refractivity contribution in [2.45, 2.75) is 36.2 Å². The van der Waals surface area contributed by atoms with Gasteiger partial charge in [-0.25, -0.2) is 0 Å². The third-order valence-electron chi connectivity index (χ3n) is 5.56. The van der Waals surface area contributed by atoms with Gasteiger partial charge in [0.1, 0.15) is 0 Å². The van der Waals surface area contributed by atoms with Gasteiger partial charge in [0, 0.05) is 32.2 Å². The van der Waals surface area contributed by atoms with Crippen LogP contribution in [0.15, 0.2) is 45.5 Å². The lowest BCUT2D eigenvalue weighted by Crippen LogP contribution is -2.52. The highest BCUT2D eigenvalue weighted by Gasteiger charge is 2.33. The maximum atomic E-state index is 13.1. The number of carbonyl (C=O) groups is 2. The summed E-state index contributed by atoms with van der Waals surface area (Å²) in [4.78, 5) is 30.2. The Hall–Kier alpha value is -2.59. The quantitative estimate of drug-likeness (QED) is 0.528. The smallest absolute Gasteiger partial charge is 0.289 e. The zero-order valence-corrected chi connectivity index (χ0v) is 18.8. The molecule has 1 atom stereocenters. The van der Waals surface area contributed by atoms with Crippen molar-refractivity contribution in [1.82, 2.24) is 24.6 Å². The maximum absolute atomic E-state index is 13.1. The number of thioether (sulfide) groups is 1. The summed E-state index contributed by atoms with van der Waals surface area (Å²) in [6.07, 6.45) is 3.74. The molecule has 1 unspecified atom stereocenters. The molecule has 31 heavy (non-hydrogen) atoms. The minimum atomic E-state index is -0.273. The van der Waals surface area contributed by atoms with E-state index < -0.39 is 0 Å². The van der Waals surface area contributed by atoms with Gasteiger partial charge < -0.3 is 14.2 Å². The number of thiophene rings is 1. The molecule has 8 nitrogen and oxygen atoms in total. The molecule has 10 heteroatoms. The van der Waals surface area contributed by atoms with E-state index >= 15 is 0 Å². The van der Waals surface area contributed by atoms with Crippen LogP contribution in [-0.4, -0.2) is 67.8 Å². The lowest BCUT2D eigenvalue weighted by molar-refractivity contribution is -0.131. The van der Waals surface area contributed by atoms with Crippen molar-refractivity contribution in [3.63, 3.8) is 0 Å². The Labute approximate surface area is 188 Å². The Balaban J connectivity index is 1.22. The average molecular weight is 458 g/mol. The van der Waals surface area contributed by atoms with Crippen LogP contribution in [0.1, 0.15) is 36.4 Å². The van der Waals surface area contributed by atoms with Crippen LogP contribution in [0.4, 0.5) is 0 Å². The van der Waals surface area contributed by atoms with Crippen LogP contribution < -0.4 is 0 Å². The number of piperazine rings is 1. The van der Waals surface area contributed by atoms with Crippen LogP contribution >= 0.6 is 23.1 Å². The van der Waals surface area contributed by atoms with E-state index in [2.05, 4.69) is 20.8 Å². The van der Waals surface area contributed by atoms with Gasteiger partial charge in [0.25, 0.3) is 5.91 Å². The molecule has 2 fully saturated rings. The number of furan rings is 1. The predicted octanol–water partition coefficient (Wildman–Crippen LogP) is 3.40. The van der Waals surface area contributed by atoms with Crippen molar-refractivity contribution >= 4 is 34.9 Å². The number of amides is 2. The monoisotopic (exact) mass is 457 g/mol. The van der Waals surface area contributed by atoms with Crippen LogP contribution in [0.25, 0.3) is 10.7 Å². The lowest BCUT2D eigenvalue weighted by Gasteiger charge is -2.35. The molecule has 0 aromatic carbocycles. The van der Waals surface area contributed by atoms with Crippen molar-refractivity contribution in [1.29, 1.82) is 0 Å². The highest BCUT2D eigenvalue weighted by Crippen LogP contribution is 2.42. The highest BCUT2D eigenvalue weighted by molar-refractivity contribution is 8.00. The largest absolute Gasteiger partial charge is 0.459 e. The summed E-state index contributed by atoms with van der Waals surface area (Å²) in [5.74, 6) is 1.17. The molecule has 0 radical (unpaired) electrons. The second kappa shape index (κ2) is 8.51. The number of hydrogen-bond donors (Lipinski definition) is 0. The van der Waals surface area contributed by atoms with Crippen LogP contribution in [0.2, 0.25) is 0 Å². The molecule has 162 valence electrons. The number of carbonyl (C=O) groups excluding carboxylic acids is 2. The van der Waals surface area contributed by atoms with Crippen molar-refractivity contribution in [2.75, 3.05) is 26.2 Å². The third-order valence-corrected chi connectivity index (χ3v) is 7.47. The Bertz CT molecular complexity index is 1050. The van der Waals surface area contributed by atoms with Gasteiger partial charge in [-0.05, 0) is 43.3 Å². The minimum absolute atomic E-state index is 0.0677. The highest BCUT2D eigenvalue weighted by atomic mass is 32.2. The zero-order valence-electron chi connectivity index (χ0n) is 17.1. The van der Waals surface area contributed by atoms with E-state index in [9.17, 15) is 9.59 Å². The van der Waals surface area contributed by atoms with E-state index in [0.717, 1.165) is 28.7 Å². The molecule has 0 spiro atoms. The van der Waals surface area contributed by atoms with Crippen LogP contribution in [0, 0.1) is 0 Å². The van der Waals surface area contributed by atoms with E-state index in [1.54, 1.807) is 28.4 Å². The Morgan fingerprint density at radius 3 is 2.55 bits per heavy atom. The second-order valence-corrected chi connectivity index (χ2v) is 10.00. The number of hydrogen-bond acceptors (Lipinski definition) is 7. The van der Waals surface area contributed by atoms with E-state index in [0.29, 0.717) is 38.0 Å². The Morgan fingerprint density at radius 2 is 1.90 bits per heavy atom. The number of aromatic nitrogens is 3. The topological polar surface area (TPSA) is 84.5 Å².